The van der Waals surface area contributed by atoms with Crippen molar-refractivity contribution < 1.29 is 14.0 Å². The van der Waals surface area contributed by atoms with Crippen LogP contribution in [-0.2, 0) is 9.59 Å². The fraction of sp³-hybridized carbons (Fsp3) is 0.429. The number of aromatic nitrogens is 2. The SMILES string of the molecule is Cl.Cl.NCC(=O)SC1CCN(C(C(=O)C2CC2)c2ccccc2F)C/C1=C/c1csnn1. The van der Waals surface area contributed by atoms with Gasteiger partial charge in [0.2, 0.25) is 5.12 Å². The van der Waals surface area contributed by atoms with Gasteiger partial charge in [-0.1, -0.05) is 34.4 Å². The molecular formula is C21H25Cl2FN4O2S2. The lowest BCUT2D eigenvalue weighted by atomic mass is 9.93. The summed E-state index contributed by atoms with van der Waals surface area (Å²) in [7, 11) is 0. The van der Waals surface area contributed by atoms with E-state index in [-0.39, 0.29) is 59.2 Å². The van der Waals surface area contributed by atoms with E-state index in [0.717, 1.165) is 24.1 Å². The molecule has 1 aliphatic heterocycles. The third-order valence-corrected chi connectivity index (χ3v) is 7.22. The van der Waals surface area contributed by atoms with Crippen molar-refractivity contribution in [2.45, 2.75) is 30.6 Å². The van der Waals surface area contributed by atoms with E-state index in [1.54, 1.807) is 18.2 Å². The summed E-state index contributed by atoms with van der Waals surface area (Å²) in [5.74, 6) is -0.268. The van der Waals surface area contributed by atoms with Crippen molar-refractivity contribution >= 4 is 65.1 Å². The van der Waals surface area contributed by atoms with Crippen LogP contribution in [0.1, 0.15) is 36.6 Å². The van der Waals surface area contributed by atoms with Gasteiger partial charge in [-0.25, -0.2) is 4.39 Å². The quantitative estimate of drug-likeness (QED) is 0.593. The Kier molecular flexibility index (Phi) is 10.3. The molecule has 0 bridgehead atoms. The number of nitrogens with two attached hydrogens (primary N) is 1. The number of carbonyl (C=O) groups is 2. The summed E-state index contributed by atoms with van der Waals surface area (Å²) in [5, 5.41) is 5.80. The minimum atomic E-state index is -0.619. The predicted molar refractivity (Wildman–Crippen MR) is 131 cm³/mol. The Hall–Kier alpha value is -1.36. The van der Waals surface area contributed by atoms with E-state index in [1.807, 2.05) is 16.4 Å². The van der Waals surface area contributed by atoms with Gasteiger partial charge in [0.25, 0.3) is 0 Å². The molecule has 4 rings (SSSR count). The van der Waals surface area contributed by atoms with Gasteiger partial charge in [-0.2, -0.15) is 0 Å². The highest BCUT2D eigenvalue weighted by Gasteiger charge is 2.41. The lowest BCUT2D eigenvalue weighted by molar-refractivity contribution is -0.126. The van der Waals surface area contributed by atoms with Gasteiger partial charge in [-0.05, 0) is 48.5 Å². The van der Waals surface area contributed by atoms with Crippen molar-refractivity contribution in [1.29, 1.82) is 0 Å². The number of carbonyl (C=O) groups excluding carboxylic acids is 2. The molecule has 0 spiro atoms. The molecule has 1 saturated carbocycles. The first-order valence-corrected chi connectivity index (χ1v) is 11.7. The third kappa shape index (κ3) is 6.36. The summed E-state index contributed by atoms with van der Waals surface area (Å²) in [4.78, 5) is 27.2. The number of piperidine rings is 1. The number of hydrogen-bond donors (Lipinski definition) is 1. The minimum absolute atomic E-state index is 0. The van der Waals surface area contributed by atoms with Crippen LogP contribution in [0.4, 0.5) is 4.39 Å². The molecule has 0 radical (unpaired) electrons. The second-order valence-electron chi connectivity index (χ2n) is 7.59. The largest absolute Gasteiger partial charge is 0.323 e. The molecule has 2 heterocycles. The van der Waals surface area contributed by atoms with Crippen molar-refractivity contribution in [2.24, 2.45) is 11.7 Å². The molecule has 2 aliphatic rings. The molecule has 1 aromatic carbocycles. The smallest absolute Gasteiger partial charge is 0.203 e. The summed E-state index contributed by atoms with van der Waals surface area (Å²) in [6, 6.07) is 5.90. The van der Waals surface area contributed by atoms with Crippen LogP contribution in [-0.4, -0.2) is 50.3 Å². The average molecular weight is 519 g/mol. The highest BCUT2D eigenvalue weighted by molar-refractivity contribution is 8.14. The highest BCUT2D eigenvalue weighted by atomic mass is 35.5. The van der Waals surface area contributed by atoms with Gasteiger partial charge in [0, 0.05) is 35.2 Å². The van der Waals surface area contributed by atoms with E-state index in [0.29, 0.717) is 25.1 Å². The first-order chi connectivity index (χ1) is 14.6. The second kappa shape index (κ2) is 12.2. The highest BCUT2D eigenvalue weighted by Crippen LogP contribution is 2.40. The van der Waals surface area contributed by atoms with Gasteiger partial charge in [-0.15, -0.1) is 29.9 Å². The zero-order valence-electron chi connectivity index (χ0n) is 17.2. The zero-order valence-corrected chi connectivity index (χ0v) is 20.5. The van der Waals surface area contributed by atoms with Crippen molar-refractivity contribution in [3.05, 3.63) is 52.3 Å². The number of likely N-dealkylation sites (tertiary alicyclic amines) is 1. The maximum absolute atomic E-state index is 14.7. The fourth-order valence-electron chi connectivity index (χ4n) is 3.83. The summed E-state index contributed by atoms with van der Waals surface area (Å²) in [6.45, 7) is 1.04. The molecule has 1 saturated heterocycles. The molecule has 0 amide bonds. The fourth-order valence-corrected chi connectivity index (χ4v) is 5.17. The second-order valence-corrected chi connectivity index (χ2v) is 9.46. The topological polar surface area (TPSA) is 89.2 Å². The first-order valence-electron chi connectivity index (χ1n) is 9.96. The molecule has 2 atom stereocenters. The van der Waals surface area contributed by atoms with Gasteiger partial charge in [0.1, 0.15) is 5.82 Å². The van der Waals surface area contributed by atoms with Gasteiger partial charge in [-0.3, -0.25) is 14.5 Å². The van der Waals surface area contributed by atoms with Crippen LogP contribution in [0.25, 0.3) is 6.08 Å². The summed E-state index contributed by atoms with van der Waals surface area (Å²) >= 11 is 2.48. The van der Waals surface area contributed by atoms with Crippen LogP contribution in [0.2, 0.25) is 0 Å². The molecule has 174 valence electrons. The number of Topliss-reactive ketones (excluding diaryl/α,β-unsaturated/α-hetero) is 1. The number of halogens is 3. The molecule has 6 nitrogen and oxygen atoms in total. The van der Waals surface area contributed by atoms with E-state index in [2.05, 4.69) is 9.59 Å². The van der Waals surface area contributed by atoms with Gasteiger partial charge >= 0.3 is 0 Å². The van der Waals surface area contributed by atoms with Crippen LogP contribution in [0, 0.1) is 11.7 Å². The van der Waals surface area contributed by atoms with E-state index >= 15 is 0 Å². The predicted octanol–water partition coefficient (Wildman–Crippen LogP) is 3.92. The third-order valence-electron chi connectivity index (χ3n) is 5.44. The van der Waals surface area contributed by atoms with E-state index in [9.17, 15) is 14.0 Å². The number of benzene rings is 1. The Morgan fingerprint density at radius 3 is 2.66 bits per heavy atom. The number of ketones is 1. The standard InChI is InChI=1S/C21H23FN4O2S2.2ClH/c22-17-4-2-1-3-16(17)20(21(28)13-5-6-13)26-8-7-18(30-19(27)10-23)14(11-26)9-15-12-29-25-24-15;;/h1-4,9,12-13,18,20H,5-8,10-11,23H2;2*1H/b14-9-;;. The monoisotopic (exact) mass is 518 g/mol. The van der Waals surface area contributed by atoms with Crippen LogP contribution < -0.4 is 5.73 Å². The minimum Gasteiger partial charge on any atom is -0.323 e. The maximum Gasteiger partial charge on any atom is 0.203 e. The maximum atomic E-state index is 14.7. The van der Waals surface area contributed by atoms with Crippen molar-refractivity contribution in [2.75, 3.05) is 19.6 Å². The van der Waals surface area contributed by atoms with Crippen molar-refractivity contribution in [3.63, 3.8) is 0 Å². The Bertz CT molecular complexity index is 957. The molecule has 1 aliphatic carbocycles. The van der Waals surface area contributed by atoms with Crippen LogP contribution >= 0.6 is 48.1 Å². The van der Waals surface area contributed by atoms with Crippen molar-refractivity contribution in [3.8, 4) is 0 Å². The Labute approximate surface area is 207 Å². The van der Waals surface area contributed by atoms with E-state index in [1.165, 1.54) is 29.4 Å². The van der Waals surface area contributed by atoms with Crippen LogP contribution in [0.15, 0.2) is 35.2 Å². The molecular weight excluding hydrogens is 494 g/mol. The van der Waals surface area contributed by atoms with E-state index < -0.39 is 6.04 Å². The Balaban J connectivity index is 0.00000181. The molecule has 11 heteroatoms. The normalized spacial score (nSPS) is 20.8. The zero-order chi connectivity index (χ0) is 21.1. The van der Waals surface area contributed by atoms with Gasteiger partial charge in [0.05, 0.1) is 18.3 Å². The molecule has 2 aromatic rings. The molecule has 1 aromatic heterocycles. The number of rotatable bonds is 7. The lowest BCUT2D eigenvalue weighted by Gasteiger charge is -2.38. The van der Waals surface area contributed by atoms with Crippen LogP contribution in [0.5, 0.6) is 0 Å². The average Bonchev–Trinajstić information content (AvgIpc) is 3.48. The molecule has 32 heavy (non-hydrogen) atoms. The first kappa shape index (κ1) is 26.9. The Morgan fingerprint density at radius 2 is 2.03 bits per heavy atom. The summed E-state index contributed by atoms with van der Waals surface area (Å²) < 4.78 is 18.6. The number of hydrogen-bond acceptors (Lipinski definition) is 8. The Morgan fingerprint density at radius 1 is 1.28 bits per heavy atom. The molecule has 2 fully saturated rings. The van der Waals surface area contributed by atoms with Gasteiger partial charge < -0.3 is 5.73 Å². The van der Waals surface area contributed by atoms with Crippen LogP contribution in [0.3, 0.4) is 0 Å². The lowest BCUT2D eigenvalue weighted by Crippen LogP contribution is -2.43. The van der Waals surface area contributed by atoms with E-state index in [4.69, 9.17) is 5.73 Å². The number of thioether (sulfide) groups is 1. The van der Waals surface area contributed by atoms with Crippen molar-refractivity contribution in [1.82, 2.24) is 14.5 Å². The molecule has 2 N–H and O–H groups in total. The number of nitrogens with zero attached hydrogens (tertiary/aromatic N) is 3. The molecule has 2 unspecified atom stereocenters. The van der Waals surface area contributed by atoms with Gasteiger partial charge in [0.15, 0.2) is 5.78 Å². The summed E-state index contributed by atoms with van der Waals surface area (Å²) in [6.07, 6.45) is 4.34. The summed E-state index contributed by atoms with van der Waals surface area (Å²) in [5.41, 5.74) is 7.63.